The predicted octanol–water partition coefficient (Wildman–Crippen LogP) is 27.3. The van der Waals surface area contributed by atoms with Gasteiger partial charge in [0.2, 0.25) is 0 Å². The first kappa shape index (κ1) is 97.2. The number of hydrogen-bond donors (Lipinski definition) is 0. The zero-order chi connectivity index (χ0) is 91.5. The normalized spacial score (nSPS) is 14.2. The maximum atomic E-state index is 12.7. The van der Waals surface area contributed by atoms with Crippen LogP contribution in [0, 0.1) is 55.4 Å². The summed E-state index contributed by atoms with van der Waals surface area (Å²) < 4.78 is 46.7. The fourth-order valence-corrected chi connectivity index (χ4v) is 26.4. The zero-order valence-electron chi connectivity index (χ0n) is 77.7. The van der Waals surface area contributed by atoms with Gasteiger partial charge < -0.3 is 37.9 Å². The minimum absolute atomic E-state index is 0.0497. The highest BCUT2D eigenvalue weighted by Crippen LogP contribution is 2.43. The molecule has 3 saturated carbocycles. The van der Waals surface area contributed by atoms with E-state index in [1.165, 1.54) is 65.2 Å². The number of ether oxygens (including phenoxy) is 8. The van der Waals surface area contributed by atoms with Crippen molar-refractivity contribution in [2.75, 3.05) is 26.4 Å². The van der Waals surface area contributed by atoms with Crippen molar-refractivity contribution >= 4 is 67.5 Å². The standard InChI is InChI=1S/C30H35O3S.C29H33O3S.C28H31O3S.C26H29O3S/c1-4-30(18-12-7-13-19-30)33-28(31)22-32-29-23(2)20-27(21-24(29)3)34(25-14-8-5-9-15-25)26-16-10-6-11-17-26;1-4-29(17-11-12-18-29)32-27(30)21-31-28-22(2)19-26(20-23(28)3)33(24-13-7-5-8-14-24)25-15-9-6-10-16-25;1-21-18-25(32(23-12-6-4-7-13-23)24-14-8-5-9-15-24)19-22(2)27(21)30-20-26(29)31-28(3)16-10-11-17-28;1-19-16-23(17-20(2)25(19)28-18-24(27)29-26(3,4)5)30(21-12-8-6-9-13-21)22-14-10-7-11-15-22/h5-6,8-11,14-17,20-21H,4,7,12-13,18-19,22H2,1-3H3;5-10,13-16,19-20H,4,11-12,17-18,21H2,1-3H3;4-9,12-15,18-19H,10-11,16-17,20H2,1-3H3;6-17H,18H2,1-5H3/q4*+1. The Hall–Kier alpha value is -10.9. The molecule has 0 atom stereocenters. The topological polar surface area (TPSA) is 142 Å². The second-order valence-electron chi connectivity index (χ2n) is 34.9. The molecule has 3 fully saturated rings. The summed E-state index contributed by atoms with van der Waals surface area (Å²) >= 11 is 0. The largest absolute Gasteiger partial charge is 0.481 e. The number of benzene rings is 12. The molecule has 3 aliphatic rings. The van der Waals surface area contributed by atoms with Gasteiger partial charge in [-0.2, -0.15) is 0 Å². The summed E-state index contributed by atoms with van der Waals surface area (Å²) in [4.78, 5) is 64.8. The third-order valence-corrected chi connectivity index (χ3v) is 32.3. The molecule has 0 bridgehead atoms. The van der Waals surface area contributed by atoms with Crippen molar-refractivity contribution in [3.05, 3.63) is 336 Å². The van der Waals surface area contributed by atoms with Crippen LogP contribution in [0.1, 0.15) is 182 Å². The van der Waals surface area contributed by atoms with Gasteiger partial charge in [0.1, 0.15) is 45.4 Å². The summed E-state index contributed by atoms with van der Waals surface area (Å²) in [5.74, 6) is 1.89. The van der Waals surface area contributed by atoms with E-state index in [-0.39, 0.29) is 111 Å². The minimum atomic E-state index is -0.520. The highest BCUT2D eigenvalue weighted by Gasteiger charge is 2.40. The molecule has 12 aromatic carbocycles. The average molecular weight is 1810 g/mol. The Morgan fingerprint density at radius 2 is 0.450 bits per heavy atom. The molecule has 0 saturated heterocycles. The van der Waals surface area contributed by atoms with Crippen LogP contribution < -0.4 is 18.9 Å². The molecule has 3 aliphatic carbocycles. The first-order valence-electron chi connectivity index (χ1n) is 45.4. The average Bonchev–Trinajstić information content (AvgIpc) is 1.47. The van der Waals surface area contributed by atoms with Crippen LogP contribution in [-0.4, -0.2) is 72.7 Å². The highest BCUT2D eigenvalue weighted by molar-refractivity contribution is 7.98. The van der Waals surface area contributed by atoms with Gasteiger partial charge in [-0.3, -0.25) is 0 Å². The van der Waals surface area contributed by atoms with Crippen molar-refractivity contribution in [1.29, 1.82) is 0 Å². The van der Waals surface area contributed by atoms with Crippen LogP contribution in [0.4, 0.5) is 0 Å². The van der Waals surface area contributed by atoms with Crippen molar-refractivity contribution in [3.63, 3.8) is 0 Å². The van der Waals surface area contributed by atoms with Gasteiger partial charge in [0.05, 0.1) is 43.6 Å². The van der Waals surface area contributed by atoms with Gasteiger partial charge in [-0.25, -0.2) is 19.2 Å². The van der Waals surface area contributed by atoms with Crippen LogP contribution >= 0.6 is 0 Å². The molecular weight excluding hydrogens is 1680 g/mol. The van der Waals surface area contributed by atoms with Crippen LogP contribution in [0.3, 0.4) is 0 Å². The second kappa shape index (κ2) is 46.6. The summed E-state index contributed by atoms with van der Waals surface area (Å²) in [6.45, 7) is 27.9. The van der Waals surface area contributed by atoms with Crippen LogP contribution in [0.25, 0.3) is 0 Å². The van der Waals surface area contributed by atoms with E-state index in [1.54, 1.807) is 0 Å². The van der Waals surface area contributed by atoms with E-state index in [1.807, 2.05) is 67.5 Å². The summed E-state index contributed by atoms with van der Waals surface area (Å²) in [6, 6.07) is 102. The van der Waals surface area contributed by atoms with Crippen LogP contribution in [0.5, 0.6) is 23.0 Å². The molecule has 12 aromatic rings. The number of hydrogen-bond acceptors (Lipinski definition) is 12. The van der Waals surface area contributed by atoms with E-state index in [2.05, 4.69) is 321 Å². The summed E-state index contributed by atoms with van der Waals surface area (Å²) in [6.07, 6.45) is 15.5. The highest BCUT2D eigenvalue weighted by atomic mass is 32.2. The van der Waals surface area contributed by atoms with Crippen LogP contribution in [0.2, 0.25) is 0 Å². The smallest absolute Gasteiger partial charge is 0.344 e. The SMILES string of the molecule is CCC1(OC(=O)COc2c(C)cc([S+](c3ccccc3)c3ccccc3)cc2C)CCCC1.CCC1(OC(=O)COc2c(C)cc([S+](c3ccccc3)c3ccccc3)cc2C)CCCCC1.Cc1cc([S+](c2ccccc2)c2ccccc2)cc(C)c1OCC(=O)OC(C)(C)C.Cc1cc([S+](c2ccccc2)c2ccccc2)cc(C)c1OCC(=O)OC1(C)CCCC1. The Balaban J connectivity index is 0.000000156. The van der Waals surface area contributed by atoms with Crippen LogP contribution in [-0.2, 0) is 81.7 Å². The first-order chi connectivity index (χ1) is 62.2. The van der Waals surface area contributed by atoms with Gasteiger partial charge in [0, 0.05) is 48.5 Å². The third kappa shape index (κ3) is 27.1. The van der Waals surface area contributed by atoms with Gasteiger partial charge in [-0.15, -0.1) is 0 Å². The van der Waals surface area contributed by atoms with E-state index in [0.717, 1.165) is 157 Å². The van der Waals surface area contributed by atoms with Crippen molar-refractivity contribution < 1.29 is 57.1 Å². The van der Waals surface area contributed by atoms with E-state index < -0.39 is 5.60 Å². The quantitative estimate of drug-likeness (QED) is 0.0250. The lowest BCUT2D eigenvalue weighted by Crippen LogP contribution is -2.38. The number of esters is 4. The molecule has 129 heavy (non-hydrogen) atoms. The molecule has 0 radical (unpaired) electrons. The van der Waals surface area contributed by atoms with Crippen molar-refractivity contribution in [2.45, 2.75) is 274 Å². The molecule has 0 heterocycles. The Labute approximate surface area is 778 Å². The number of carbonyl (C=O) groups is 4. The van der Waals surface area contributed by atoms with E-state index >= 15 is 0 Å². The second-order valence-corrected chi connectivity index (χ2v) is 43.0. The molecule has 0 aliphatic heterocycles. The lowest BCUT2D eigenvalue weighted by molar-refractivity contribution is -0.166. The van der Waals surface area contributed by atoms with Gasteiger partial charge in [-0.1, -0.05) is 166 Å². The molecule has 12 nitrogen and oxygen atoms in total. The Bertz CT molecular complexity index is 5350. The fourth-order valence-electron chi connectivity index (χ4n) is 17.3. The van der Waals surface area contributed by atoms with E-state index in [9.17, 15) is 19.2 Å². The Kier molecular flexibility index (Phi) is 35.1. The van der Waals surface area contributed by atoms with Crippen LogP contribution in [0.15, 0.2) is 350 Å². The Morgan fingerprint density at radius 3 is 0.651 bits per heavy atom. The lowest BCUT2D eigenvalue weighted by atomic mass is 9.83. The fraction of sp³-hybridized carbons (Fsp3) is 0.327. The number of rotatable bonds is 29. The minimum Gasteiger partial charge on any atom is -0.481 e. The first-order valence-corrected chi connectivity index (χ1v) is 50.3. The van der Waals surface area contributed by atoms with Gasteiger partial charge in [0.25, 0.3) is 0 Å². The molecule has 0 aromatic heterocycles. The third-order valence-electron chi connectivity index (χ3n) is 23.5. The Morgan fingerprint density at radius 1 is 0.264 bits per heavy atom. The predicted molar refractivity (Wildman–Crippen MR) is 524 cm³/mol. The number of aryl methyl sites for hydroxylation is 8. The lowest BCUT2D eigenvalue weighted by Gasteiger charge is -2.35. The summed E-state index contributed by atoms with van der Waals surface area (Å²) in [7, 11) is -0.858. The van der Waals surface area contributed by atoms with E-state index in [0.29, 0.717) is 0 Å². The maximum Gasteiger partial charge on any atom is 0.344 e. The van der Waals surface area contributed by atoms with Gasteiger partial charge in [0.15, 0.2) is 85.2 Å². The molecule has 0 spiro atoms. The van der Waals surface area contributed by atoms with Crippen molar-refractivity contribution in [2.24, 2.45) is 0 Å². The van der Waals surface area contributed by atoms with Crippen molar-refractivity contribution in [3.8, 4) is 23.0 Å². The molecule has 0 unspecified atom stereocenters. The summed E-state index contributed by atoms with van der Waals surface area (Å²) in [5, 5.41) is 0. The zero-order valence-corrected chi connectivity index (χ0v) is 80.9. The monoisotopic (exact) mass is 1800 g/mol. The molecular formula is C113H128O12S4+4. The summed E-state index contributed by atoms with van der Waals surface area (Å²) in [5.41, 5.74) is 6.80. The molecule has 15 rings (SSSR count). The maximum absolute atomic E-state index is 12.7. The number of carbonyl (C=O) groups excluding carboxylic acids is 4. The molecule has 672 valence electrons. The van der Waals surface area contributed by atoms with Crippen molar-refractivity contribution in [1.82, 2.24) is 0 Å². The van der Waals surface area contributed by atoms with Gasteiger partial charge in [-0.05, 0) is 315 Å². The molecule has 0 N–H and O–H groups in total. The molecule has 0 amide bonds. The van der Waals surface area contributed by atoms with Gasteiger partial charge >= 0.3 is 23.9 Å². The van der Waals surface area contributed by atoms with E-state index in [4.69, 9.17) is 37.9 Å². The molecule has 16 heteroatoms.